The number of nitrogens with zero attached hydrogens (tertiary/aromatic N) is 8. The topological polar surface area (TPSA) is 420 Å². The average Bonchev–Trinajstić information content (AvgIpc) is 2.45. The molecule has 0 aromatic carbocycles. The molecular formula is AlN8O16V. The average molecular weight is 446 g/mol. The summed E-state index contributed by atoms with van der Waals surface area (Å²) in [6.45, 7) is 0. The summed E-state index contributed by atoms with van der Waals surface area (Å²) in [5.74, 6) is 0. The molecule has 0 aliphatic heterocycles. The normalized spacial score (nSPS) is 3.69. The Hall–Kier alpha value is -3.68. The van der Waals surface area contributed by atoms with Gasteiger partial charge in [-0.15, -0.1) is 42.7 Å². The van der Waals surface area contributed by atoms with Crippen molar-refractivity contribution >= 4 is 17.4 Å². The largest absolute Gasteiger partial charge is 5.00 e. The molecule has 0 unspecified atom stereocenters. The van der Waals surface area contributed by atoms with E-state index in [1.54, 1.807) is 0 Å². The van der Waals surface area contributed by atoms with Crippen LogP contribution < -0.4 is 0 Å². The zero-order valence-corrected chi connectivity index (χ0v) is 13.7. The van der Waals surface area contributed by atoms with Crippen molar-refractivity contribution in [3.63, 3.8) is 0 Å². The van der Waals surface area contributed by atoms with Gasteiger partial charge in [-0.2, -0.15) is 0 Å². The molecule has 0 aliphatic rings. The molecule has 0 atom stereocenters. The zero-order valence-electron chi connectivity index (χ0n) is 11.1. The molecule has 0 spiro atoms. The minimum absolute atomic E-state index is 0. The Morgan fingerprint density at radius 3 is 0.308 bits per heavy atom. The molecule has 0 bridgehead atoms. The van der Waals surface area contributed by atoms with E-state index >= 15 is 0 Å². The van der Waals surface area contributed by atoms with E-state index in [2.05, 4.69) is 0 Å². The first-order valence-corrected chi connectivity index (χ1v) is 2.92. The molecule has 144 valence electrons. The van der Waals surface area contributed by atoms with E-state index in [-0.39, 0.29) is 35.9 Å². The second-order valence-corrected chi connectivity index (χ2v) is 0.596. The van der Waals surface area contributed by atoms with Gasteiger partial charge >= 0.3 is 35.9 Å². The third-order valence-corrected chi connectivity index (χ3v) is 0. The van der Waals surface area contributed by atoms with Gasteiger partial charge < -0.3 is 80.9 Å². The Morgan fingerprint density at radius 1 is 0.308 bits per heavy atom. The summed E-state index contributed by atoms with van der Waals surface area (Å²) in [7, 11) is 0. The number of hydrogen-bond donors (Lipinski definition) is 0. The van der Waals surface area contributed by atoms with E-state index in [9.17, 15) is 0 Å². The van der Waals surface area contributed by atoms with Crippen LogP contribution >= 0.6 is 0 Å². The number of hydrogen-bond acceptors (Lipinski definition) is 24. The minimum atomic E-state index is 0. The van der Waals surface area contributed by atoms with E-state index in [1.807, 2.05) is 0 Å². The van der Waals surface area contributed by atoms with E-state index in [4.69, 9.17) is 80.9 Å². The summed E-state index contributed by atoms with van der Waals surface area (Å²) < 4.78 is 0. The van der Waals surface area contributed by atoms with Crippen LogP contribution in [0.25, 0.3) is 0 Å². The predicted octanol–water partition coefficient (Wildman–Crippen LogP) is 1.62. The molecule has 0 saturated heterocycles. The Bertz CT molecular complexity index is 166. The first-order valence-electron chi connectivity index (χ1n) is 2.92. The monoisotopic (exact) mass is 446 g/mol. The molecule has 26 heteroatoms. The third kappa shape index (κ3) is 559. The summed E-state index contributed by atoms with van der Waals surface area (Å²) in [5, 5.41) is 72.0. The SMILES string of the molecule is O=N[O-].O=N[O-].O=N[O-].O=N[O-].O=N[O-].O=N[O-].O=N[O-].O=N[O-].[Al+3].[V+5]. The first-order chi connectivity index (χ1) is 11.3. The predicted molar refractivity (Wildman–Crippen MR) is 79.0 cm³/mol. The van der Waals surface area contributed by atoms with Gasteiger partial charge in [0.05, 0.1) is 0 Å². The van der Waals surface area contributed by atoms with Gasteiger partial charge in [-0.25, -0.2) is 0 Å². The van der Waals surface area contributed by atoms with Gasteiger partial charge in [-0.1, -0.05) is 0 Å². The van der Waals surface area contributed by atoms with Gasteiger partial charge in [-0.05, 0) is 0 Å². The summed E-state index contributed by atoms with van der Waals surface area (Å²) in [6, 6.07) is 0. The maximum Gasteiger partial charge on any atom is 5.00 e. The van der Waals surface area contributed by atoms with Crippen molar-refractivity contribution in [1.29, 1.82) is 0 Å². The van der Waals surface area contributed by atoms with E-state index in [1.165, 1.54) is 0 Å². The van der Waals surface area contributed by atoms with Crippen molar-refractivity contribution in [3.05, 3.63) is 80.9 Å². The van der Waals surface area contributed by atoms with Crippen molar-refractivity contribution in [2.24, 2.45) is 42.7 Å². The molecule has 26 heavy (non-hydrogen) atoms. The molecule has 0 N–H and O–H groups in total. The Morgan fingerprint density at radius 2 is 0.308 bits per heavy atom. The van der Waals surface area contributed by atoms with Gasteiger partial charge in [0.15, 0.2) is 0 Å². The Balaban J connectivity index is -0.0000000139. The van der Waals surface area contributed by atoms with E-state index < -0.39 is 0 Å². The standard InChI is InChI=1S/Al.8HNO2.V/c;8*2-1-3;/h;8*(H,2,3);/q+3;;;;;;;;;+5/p-8. The summed E-state index contributed by atoms with van der Waals surface area (Å²) in [6.07, 6.45) is 0. The fraction of sp³-hybridized carbons (Fsp3) is 0. The summed E-state index contributed by atoms with van der Waals surface area (Å²) in [4.78, 5) is 64.0. The Kier molecular flexibility index (Phi) is 1210. The van der Waals surface area contributed by atoms with Crippen molar-refractivity contribution in [2.45, 2.75) is 0 Å². The van der Waals surface area contributed by atoms with Crippen LogP contribution in [0.1, 0.15) is 0 Å². The van der Waals surface area contributed by atoms with E-state index in [0.29, 0.717) is 0 Å². The number of rotatable bonds is 0. The molecule has 0 heterocycles. The summed E-state index contributed by atoms with van der Waals surface area (Å²) in [5.41, 5.74) is 0. The Labute approximate surface area is 160 Å². The molecule has 0 amide bonds. The van der Waals surface area contributed by atoms with Gasteiger partial charge in [0, 0.05) is 0 Å². The first kappa shape index (κ1) is 66.8. The quantitative estimate of drug-likeness (QED) is 0.289. The van der Waals surface area contributed by atoms with Crippen LogP contribution in [-0.2, 0) is 18.6 Å². The second kappa shape index (κ2) is 472. The van der Waals surface area contributed by atoms with Crippen molar-refractivity contribution < 1.29 is 18.6 Å². The van der Waals surface area contributed by atoms with Crippen molar-refractivity contribution in [3.8, 4) is 0 Å². The van der Waals surface area contributed by atoms with Gasteiger partial charge in [0.25, 0.3) is 0 Å². The van der Waals surface area contributed by atoms with Crippen LogP contribution in [0.2, 0.25) is 0 Å². The second-order valence-electron chi connectivity index (χ2n) is 0.596. The van der Waals surface area contributed by atoms with Crippen LogP contribution in [0.15, 0.2) is 42.7 Å². The van der Waals surface area contributed by atoms with Crippen LogP contribution in [0, 0.1) is 80.9 Å². The minimum Gasteiger partial charge on any atom is -0.444 e. The molecule has 0 aliphatic carbocycles. The van der Waals surface area contributed by atoms with Gasteiger partial charge in [0.2, 0.25) is 0 Å². The molecular weight excluding hydrogens is 446 g/mol. The molecule has 0 fully saturated rings. The summed E-state index contributed by atoms with van der Waals surface area (Å²) >= 11 is 0. The van der Waals surface area contributed by atoms with Crippen molar-refractivity contribution in [2.75, 3.05) is 0 Å². The van der Waals surface area contributed by atoms with Gasteiger partial charge in [-0.3, -0.25) is 0 Å². The van der Waals surface area contributed by atoms with Crippen molar-refractivity contribution in [1.82, 2.24) is 0 Å². The molecule has 0 aromatic rings. The van der Waals surface area contributed by atoms with Crippen LogP contribution in [0.4, 0.5) is 0 Å². The molecule has 24 nitrogen and oxygen atoms in total. The zero-order chi connectivity index (χ0) is 21.7. The maximum absolute atomic E-state index is 8.00. The molecule has 0 radical (unpaired) electrons. The molecule has 0 saturated carbocycles. The smallest absolute Gasteiger partial charge is 0.444 e. The molecule has 0 rings (SSSR count). The fourth-order valence-corrected chi connectivity index (χ4v) is 0. The maximum atomic E-state index is 8.00. The van der Waals surface area contributed by atoms with Gasteiger partial charge in [0.1, 0.15) is 0 Å². The van der Waals surface area contributed by atoms with Crippen LogP contribution in [0.5, 0.6) is 0 Å². The van der Waals surface area contributed by atoms with Crippen LogP contribution in [0.3, 0.4) is 0 Å². The molecule has 0 aromatic heterocycles. The van der Waals surface area contributed by atoms with E-state index in [0.717, 1.165) is 42.7 Å². The van der Waals surface area contributed by atoms with Crippen LogP contribution in [-0.4, -0.2) is 17.4 Å². The fourth-order valence-electron chi connectivity index (χ4n) is 0. The third-order valence-electron chi connectivity index (χ3n) is 0.